The molecule has 3 atom stereocenters. The first-order chi connectivity index (χ1) is 8.73. The third-order valence-corrected chi connectivity index (χ3v) is 4.38. The molecule has 110 valence electrons. The summed E-state index contributed by atoms with van der Waals surface area (Å²) in [6.07, 6.45) is 2.68. The van der Waals surface area contributed by atoms with Gasteiger partial charge in [-0.15, -0.1) is 0 Å². The smallest absolute Gasteiger partial charge is 0.246 e. The Balaban J connectivity index is 3.06. The average molecular weight is 286 g/mol. The minimum absolute atomic E-state index is 0.0185. The van der Waals surface area contributed by atoms with E-state index in [1.165, 1.54) is 0 Å². The number of carbonyl (C=O) groups excluding carboxylic acids is 2. The van der Waals surface area contributed by atoms with Crippen LogP contribution in [-0.2, 0) is 9.59 Å². The normalized spacial score (nSPS) is 26.3. The van der Waals surface area contributed by atoms with E-state index >= 15 is 0 Å². The Bertz CT molecular complexity index is 352. The summed E-state index contributed by atoms with van der Waals surface area (Å²) in [6.45, 7) is 9.93. The van der Waals surface area contributed by atoms with E-state index in [0.29, 0.717) is 6.42 Å². The molecule has 0 aromatic rings. The molecule has 0 aromatic carbocycles. The molecule has 1 fully saturated rings. The maximum absolute atomic E-state index is 12.7. The van der Waals surface area contributed by atoms with E-state index in [9.17, 15) is 9.59 Å². The molecule has 1 heterocycles. The van der Waals surface area contributed by atoms with Gasteiger partial charge < -0.3 is 10.2 Å². The second-order valence-corrected chi connectivity index (χ2v) is 7.19. The summed E-state index contributed by atoms with van der Waals surface area (Å²) in [4.78, 5) is 26.7. The lowest BCUT2D eigenvalue weighted by atomic mass is 9.83. The van der Waals surface area contributed by atoms with Gasteiger partial charge in [0.1, 0.15) is 12.1 Å². The number of carbonyl (C=O) groups is 2. The third-order valence-electron chi connectivity index (χ3n) is 3.56. The molecule has 1 aliphatic rings. The van der Waals surface area contributed by atoms with E-state index in [4.69, 9.17) is 0 Å². The van der Waals surface area contributed by atoms with Crippen molar-refractivity contribution in [1.82, 2.24) is 10.2 Å². The van der Waals surface area contributed by atoms with Crippen LogP contribution < -0.4 is 5.32 Å². The topological polar surface area (TPSA) is 49.4 Å². The number of hydrogen-bond donors (Lipinski definition) is 1. The predicted octanol–water partition coefficient (Wildman–Crippen LogP) is 1.89. The summed E-state index contributed by atoms with van der Waals surface area (Å²) in [5, 5.41) is 2.90. The quantitative estimate of drug-likeness (QED) is 0.858. The fraction of sp³-hybridized carbons (Fsp3) is 0.857. The first-order valence-electron chi connectivity index (χ1n) is 6.85. The van der Waals surface area contributed by atoms with Crippen LogP contribution in [0.5, 0.6) is 0 Å². The van der Waals surface area contributed by atoms with Gasteiger partial charge in [0.2, 0.25) is 11.8 Å². The summed E-state index contributed by atoms with van der Waals surface area (Å²) >= 11 is 1.70. The maximum atomic E-state index is 12.7. The number of rotatable bonds is 4. The molecule has 0 bridgehead atoms. The van der Waals surface area contributed by atoms with E-state index in [1.807, 2.05) is 40.9 Å². The van der Waals surface area contributed by atoms with Gasteiger partial charge in [-0.1, -0.05) is 27.7 Å². The average Bonchev–Trinajstić information content (AvgIpc) is 2.29. The van der Waals surface area contributed by atoms with Crippen molar-refractivity contribution < 1.29 is 9.59 Å². The van der Waals surface area contributed by atoms with Crippen LogP contribution in [0.25, 0.3) is 0 Å². The highest BCUT2D eigenvalue weighted by molar-refractivity contribution is 7.98. The van der Waals surface area contributed by atoms with Crippen LogP contribution >= 0.6 is 11.8 Å². The van der Waals surface area contributed by atoms with E-state index in [-0.39, 0.29) is 29.3 Å². The van der Waals surface area contributed by atoms with E-state index < -0.39 is 6.04 Å². The van der Waals surface area contributed by atoms with Crippen LogP contribution in [0.1, 0.15) is 41.0 Å². The van der Waals surface area contributed by atoms with Gasteiger partial charge in [-0.05, 0) is 25.0 Å². The molecule has 0 radical (unpaired) electrons. The Labute approximate surface area is 120 Å². The van der Waals surface area contributed by atoms with Crippen LogP contribution in [0, 0.1) is 5.41 Å². The van der Waals surface area contributed by atoms with E-state index in [2.05, 4.69) is 5.32 Å². The summed E-state index contributed by atoms with van der Waals surface area (Å²) in [7, 11) is 0. The van der Waals surface area contributed by atoms with Crippen molar-refractivity contribution in [2.75, 3.05) is 12.0 Å². The lowest BCUT2D eigenvalue weighted by Gasteiger charge is -2.45. The number of nitrogens with one attached hydrogen (secondary N) is 1. The lowest BCUT2D eigenvalue weighted by Crippen LogP contribution is -2.68. The summed E-state index contributed by atoms with van der Waals surface area (Å²) in [5.41, 5.74) is -0.261. The van der Waals surface area contributed by atoms with E-state index in [0.717, 1.165) is 5.75 Å². The summed E-state index contributed by atoms with van der Waals surface area (Å²) in [5.74, 6) is 0.891. The zero-order valence-electron chi connectivity index (χ0n) is 12.8. The Kier molecular flexibility index (Phi) is 5.30. The zero-order chi connectivity index (χ0) is 14.8. The van der Waals surface area contributed by atoms with Gasteiger partial charge in [0, 0.05) is 11.8 Å². The number of amides is 2. The van der Waals surface area contributed by atoms with Crippen LogP contribution in [-0.4, -0.2) is 46.8 Å². The molecule has 3 unspecified atom stereocenters. The standard InChI is InChI=1S/C14H26N2O2S/c1-7-10-12(17)15-11(14(3,4)5)13(18)16(10)9(2)8-19-6/h9-11H,7-8H2,1-6H3,(H,15,17). The second kappa shape index (κ2) is 6.16. The zero-order valence-corrected chi connectivity index (χ0v) is 13.6. The fourth-order valence-electron chi connectivity index (χ4n) is 2.54. The van der Waals surface area contributed by atoms with Gasteiger partial charge in [0.15, 0.2) is 0 Å². The predicted molar refractivity (Wildman–Crippen MR) is 80.2 cm³/mol. The largest absolute Gasteiger partial charge is 0.342 e. The Morgan fingerprint density at radius 2 is 1.95 bits per heavy atom. The number of hydrogen-bond acceptors (Lipinski definition) is 3. The monoisotopic (exact) mass is 286 g/mol. The number of thioether (sulfide) groups is 1. The van der Waals surface area contributed by atoms with Crippen LogP contribution in [0.3, 0.4) is 0 Å². The molecular formula is C14H26N2O2S. The highest BCUT2D eigenvalue weighted by atomic mass is 32.2. The van der Waals surface area contributed by atoms with Gasteiger partial charge in [-0.3, -0.25) is 9.59 Å². The first kappa shape index (κ1) is 16.3. The molecule has 0 saturated carbocycles. The number of nitrogens with zero attached hydrogens (tertiary/aromatic N) is 1. The molecule has 0 aliphatic carbocycles. The summed E-state index contributed by atoms with van der Waals surface area (Å²) < 4.78 is 0. The Morgan fingerprint density at radius 1 is 1.37 bits per heavy atom. The molecule has 1 aliphatic heterocycles. The second-order valence-electron chi connectivity index (χ2n) is 6.28. The van der Waals surface area contributed by atoms with Gasteiger partial charge in [-0.25, -0.2) is 0 Å². The molecule has 19 heavy (non-hydrogen) atoms. The van der Waals surface area contributed by atoms with E-state index in [1.54, 1.807) is 16.7 Å². The molecule has 4 nitrogen and oxygen atoms in total. The van der Waals surface area contributed by atoms with Crippen LogP contribution in [0.2, 0.25) is 0 Å². The molecule has 1 saturated heterocycles. The van der Waals surface area contributed by atoms with Crippen molar-refractivity contribution in [3.05, 3.63) is 0 Å². The SMILES string of the molecule is CCC1C(=O)NC(C(C)(C)C)C(=O)N1C(C)CSC. The van der Waals surface area contributed by atoms with Crippen molar-refractivity contribution in [2.45, 2.75) is 59.2 Å². The third kappa shape index (κ3) is 3.44. The lowest BCUT2D eigenvalue weighted by molar-refractivity contribution is -0.154. The van der Waals surface area contributed by atoms with Crippen LogP contribution in [0.15, 0.2) is 0 Å². The van der Waals surface area contributed by atoms with Crippen molar-refractivity contribution in [2.24, 2.45) is 5.41 Å². The molecule has 1 rings (SSSR count). The Hall–Kier alpha value is -0.710. The van der Waals surface area contributed by atoms with Crippen molar-refractivity contribution in [3.8, 4) is 0 Å². The molecule has 0 aromatic heterocycles. The summed E-state index contributed by atoms with van der Waals surface area (Å²) in [6, 6.07) is -0.663. The van der Waals surface area contributed by atoms with Crippen LogP contribution in [0.4, 0.5) is 0 Å². The maximum Gasteiger partial charge on any atom is 0.246 e. The molecular weight excluding hydrogens is 260 g/mol. The highest BCUT2D eigenvalue weighted by Crippen LogP contribution is 2.27. The number of piperazine rings is 1. The molecule has 1 N–H and O–H groups in total. The molecule has 2 amide bonds. The molecule has 5 heteroatoms. The highest BCUT2D eigenvalue weighted by Gasteiger charge is 2.45. The minimum Gasteiger partial charge on any atom is -0.342 e. The van der Waals surface area contributed by atoms with Gasteiger partial charge in [0.05, 0.1) is 0 Å². The minimum atomic E-state index is -0.424. The van der Waals surface area contributed by atoms with Crippen molar-refractivity contribution >= 4 is 23.6 Å². The van der Waals surface area contributed by atoms with Gasteiger partial charge >= 0.3 is 0 Å². The van der Waals surface area contributed by atoms with Crippen molar-refractivity contribution in [3.63, 3.8) is 0 Å². The first-order valence-corrected chi connectivity index (χ1v) is 8.24. The van der Waals surface area contributed by atoms with Gasteiger partial charge in [-0.2, -0.15) is 11.8 Å². The fourth-order valence-corrected chi connectivity index (χ4v) is 3.19. The Morgan fingerprint density at radius 3 is 2.37 bits per heavy atom. The van der Waals surface area contributed by atoms with Gasteiger partial charge in [0.25, 0.3) is 0 Å². The molecule has 0 spiro atoms. The van der Waals surface area contributed by atoms with Crippen molar-refractivity contribution in [1.29, 1.82) is 0 Å².